The second-order valence-electron chi connectivity index (χ2n) is 8.86. The van der Waals surface area contributed by atoms with E-state index >= 15 is 0 Å². The molecule has 1 unspecified atom stereocenters. The molecule has 3 heterocycles. The van der Waals surface area contributed by atoms with E-state index in [2.05, 4.69) is 26.7 Å². The summed E-state index contributed by atoms with van der Waals surface area (Å²) < 4.78 is 31.3. The quantitative estimate of drug-likeness (QED) is 0.451. The van der Waals surface area contributed by atoms with E-state index in [9.17, 15) is 9.00 Å². The van der Waals surface area contributed by atoms with Crippen LogP contribution in [0.4, 0.5) is 11.4 Å². The summed E-state index contributed by atoms with van der Waals surface area (Å²) in [4.78, 5) is 17.8. The van der Waals surface area contributed by atoms with E-state index in [4.69, 9.17) is 13.9 Å². The van der Waals surface area contributed by atoms with E-state index in [0.717, 1.165) is 56.9 Å². The molecular weight excluding hydrogens is 466 g/mol. The maximum absolute atomic E-state index is 12.9. The molecule has 0 amide bonds. The summed E-state index contributed by atoms with van der Waals surface area (Å²) in [6.45, 7) is 7.02. The zero-order valence-electron chi connectivity index (χ0n) is 20.0. The average Bonchev–Trinajstić information content (AvgIpc) is 3.35. The van der Waals surface area contributed by atoms with E-state index in [1.54, 1.807) is 18.4 Å². The molecule has 0 radical (unpaired) electrons. The van der Waals surface area contributed by atoms with Crippen LogP contribution in [-0.4, -0.2) is 54.4 Å². The van der Waals surface area contributed by atoms with Crippen molar-refractivity contribution in [2.75, 3.05) is 54.9 Å². The number of unbranched alkanes of at least 4 members (excludes halogenated alkanes) is 1. The van der Waals surface area contributed by atoms with Crippen LogP contribution in [0.25, 0.3) is 11.0 Å². The molecule has 2 aliphatic rings. The molecule has 1 saturated heterocycles. The maximum Gasteiger partial charge on any atom is 0.231 e. The number of hydrogen-bond donors (Lipinski definition) is 1. The standard InChI is InChI=1S/C26H31N3O5S/c1-2-35(31)27-20-7-5-8-21(14-20)29-12-10-28(11-13-29)9-4-3-6-19-17-32-23-16-25-24(33-18-34-25)15-22(23)26(19)30/h5,7-8,14-17,27H,2-4,6,9-13,18H2,1H3. The van der Waals surface area contributed by atoms with Crippen LogP contribution in [0, 0.1) is 0 Å². The summed E-state index contributed by atoms with van der Waals surface area (Å²) in [7, 11) is -1.04. The number of piperazine rings is 1. The lowest BCUT2D eigenvalue weighted by molar-refractivity contribution is 0.174. The Bertz CT molecular complexity index is 1270. The van der Waals surface area contributed by atoms with Gasteiger partial charge >= 0.3 is 0 Å². The Morgan fingerprint density at radius 3 is 2.63 bits per heavy atom. The lowest BCUT2D eigenvalue weighted by atomic mass is 10.1. The number of ether oxygens (including phenoxy) is 2. The monoisotopic (exact) mass is 497 g/mol. The fourth-order valence-electron chi connectivity index (χ4n) is 4.58. The Morgan fingerprint density at radius 1 is 1.03 bits per heavy atom. The molecule has 1 atom stereocenters. The molecule has 0 spiro atoms. The number of hydrogen-bond acceptors (Lipinski definition) is 7. The van der Waals surface area contributed by atoms with E-state index in [0.29, 0.717) is 40.2 Å². The average molecular weight is 498 g/mol. The maximum atomic E-state index is 12.9. The fourth-order valence-corrected chi connectivity index (χ4v) is 5.12. The normalized spacial score (nSPS) is 16.5. The topological polar surface area (TPSA) is 84.3 Å². The van der Waals surface area contributed by atoms with E-state index in [1.807, 2.05) is 19.1 Å². The molecule has 0 saturated carbocycles. The van der Waals surface area contributed by atoms with Crippen LogP contribution < -0.4 is 24.5 Å². The Hall–Kier alpha value is -3.04. The summed E-state index contributed by atoms with van der Waals surface area (Å²) in [5.74, 6) is 1.80. The first-order valence-electron chi connectivity index (χ1n) is 12.2. The van der Waals surface area contributed by atoms with Gasteiger partial charge in [-0.25, -0.2) is 4.21 Å². The van der Waals surface area contributed by atoms with Crippen LogP contribution >= 0.6 is 0 Å². The third kappa shape index (κ3) is 5.46. The van der Waals surface area contributed by atoms with Crippen molar-refractivity contribution >= 4 is 33.3 Å². The van der Waals surface area contributed by atoms with Crippen molar-refractivity contribution in [2.45, 2.75) is 26.2 Å². The Kier molecular flexibility index (Phi) is 7.24. The van der Waals surface area contributed by atoms with E-state index in [-0.39, 0.29) is 12.2 Å². The zero-order valence-corrected chi connectivity index (χ0v) is 20.8. The number of nitrogens with one attached hydrogen (secondary N) is 1. The molecule has 1 fully saturated rings. The van der Waals surface area contributed by atoms with Crippen LogP contribution in [0.1, 0.15) is 25.3 Å². The first kappa shape index (κ1) is 23.7. The molecule has 1 aromatic heterocycles. The summed E-state index contributed by atoms with van der Waals surface area (Å²) in [5, 5.41) is 0.545. The summed E-state index contributed by atoms with van der Waals surface area (Å²) in [6.07, 6.45) is 4.25. The molecule has 2 aromatic carbocycles. The molecule has 35 heavy (non-hydrogen) atoms. The van der Waals surface area contributed by atoms with Crippen LogP contribution in [0.5, 0.6) is 11.5 Å². The second kappa shape index (κ2) is 10.7. The highest BCUT2D eigenvalue weighted by atomic mass is 32.2. The van der Waals surface area contributed by atoms with Crippen molar-refractivity contribution < 1.29 is 18.1 Å². The number of fused-ring (bicyclic) bond motifs is 2. The predicted octanol–water partition coefficient (Wildman–Crippen LogP) is 3.76. The number of rotatable bonds is 9. The van der Waals surface area contributed by atoms with Crippen LogP contribution in [0.3, 0.4) is 0 Å². The van der Waals surface area contributed by atoms with Gasteiger partial charge in [-0.2, -0.15) is 0 Å². The largest absolute Gasteiger partial charge is 0.464 e. The number of aryl methyl sites for hydroxylation is 1. The van der Waals surface area contributed by atoms with Crippen LogP contribution in [0.15, 0.2) is 51.9 Å². The fraction of sp³-hybridized carbons (Fsp3) is 0.423. The Balaban J connectivity index is 1.09. The highest BCUT2D eigenvalue weighted by Crippen LogP contribution is 2.35. The first-order valence-corrected chi connectivity index (χ1v) is 13.5. The van der Waals surface area contributed by atoms with Gasteiger partial charge in [0.15, 0.2) is 16.9 Å². The number of nitrogens with zero attached hydrogens (tertiary/aromatic N) is 2. The van der Waals surface area contributed by atoms with E-state index in [1.165, 1.54) is 0 Å². The molecule has 186 valence electrons. The molecule has 3 aromatic rings. The van der Waals surface area contributed by atoms with Crippen LogP contribution in [-0.2, 0) is 17.4 Å². The number of benzene rings is 2. The molecule has 0 bridgehead atoms. The molecule has 9 heteroatoms. The van der Waals surface area contributed by atoms with E-state index < -0.39 is 11.0 Å². The van der Waals surface area contributed by atoms with Gasteiger partial charge in [-0.1, -0.05) is 13.0 Å². The van der Waals surface area contributed by atoms with Crippen LogP contribution in [0.2, 0.25) is 0 Å². The minimum atomic E-state index is -1.04. The van der Waals surface area contributed by atoms with Gasteiger partial charge in [-0.05, 0) is 50.1 Å². The zero-order chi connectivity index (χ0) is 24.2. The molecule has 5 rings (SSSR count). The van der Waals surface area contributed by atoms with Gasteiger partial charge in [-0.15, -0.1) is 0 Å². The lowest BCUT2D eigenvalue weighted by Gasteiger charge is -2.36. The van der Waals surface area contributed by atoms with Crippen molar-refractivity contribution in [1.29, 1.82) is 0 Å². The van der Waals surface area contributed by atoms with Crippen molar-refractivity contribution in [3.8, 4) is 11.5 Å². The molecule has 8 nitrogen and oxygen atoms in total. The highest BCUT2D eigenvalue weighted by Gasteiger charge is 2.19. The van der Waals surface area contributed by atoms with Crippen molar-refractivity contribution in [3.63, 3.8) is 0 Å². The van der Waals surface area contributed by atoms with Gasteiger partial charge < -0.3 is 23.5 Å². The third-order valence-corrected chi connectivity index (χ3v) is 7.57. The predicted molar refractivity (Wildman–Crippen MR) is 139 cm³/mol. The SMILES string of the molecule is CCS(=O)Nc1cccc(N2CCN(CCCCc3coc4cc5c(cc4c3=O)OCO5)CC2)c1. The Labute approximate surface area is 207 Å². The summed E-state index contributed by atoms with van der Waals surface area (Å²) >= 11 is 0. The van der Waals surface area contributed by atoms with Crippen molar-refractivity contribution in [3.05, 3.63) is 58.4 Å². The minimum Gasteiger partial charge on any atom is -0.464 e. The third-order valence-electron chi connectivity index (χ3n) is 6.59. The molecule has 0 aliphatic carbocycles. The second-order valence-corrected chi connectivity index (χ2v) is 10.3. The van der Waals surface area contributed by atoms with Gasteiger partial charge in [0.2, 0.25) is 6.79 Å². The summed E-state index contributed by atoms with van der Waals surface area (Å²) in [5.41, 5.74) is 3.30. The smallest absolute Gasteiger partial charge is 0.231 e. The minimum absolute atomic E-state index is 0.0117. The van der Waals surface area contributed by atoms with Gasteiger partial charge in [0.1, 0.15) is 16.6 Å². The van der Waals surface area contributed by atoms with Gasteiger partial charge in [-0.3, -0.25) is 9.69 Å². The van der Waals surface area contributed by atoms with Gasteiger partial charge in [0.25, 0.3) is 0 Å². The molecular formula is C26H31N3O5S. The summed E-state index contributed by atoms with van der Waals surface area (Å²) in [6, 6.07) is 11.6. The molecule has 1 N–H and O–H groups in total. The highest BCUT2D eigenvalue weighted by molar-refractivity contribution is 7.86. The Morgan fingerprint density at radius 2 is 1.83 bits per heavy atom. The first-order chi connectivity index (χ1) is 17.1. The van der Waals surface area contributed by atoms with Gasteiger partial charge in [0.05, 0.1) is 11.6 Å². The van der Waals surface area contributed by atoms with Crippen molar-refractivity contribution in [2.24, 2.45) is 0 Å². The molecule has 2 aliphatic heterocycles. The number of anilines is 2. The van der Waals surface area contributed by atoms with Gasteiger partial charge in [0, 0.05) is 54.9 Å². The lowest BCUT2D eigenvalue weighted by Crippen LogP contribution is -2.46. The van der Waals surface area contributed by atoms with Crippen molar-refractivity contribution in [1.82, 2.24) is 4.90 Å².